The van der Waals surface area contributed by atoms with E-state index in [4.69, 9.17) is 4.98 Å². The Balaban J connectivity index is 1.34. The van der Waals surface area contributed by atoms with Gasteiger partial charge in [-0.25, -0.2) is 15.0 Å². The van der Waals surface area contributed by atoms with Crippen molar-refractivity contribution in [1.82, 2.24) is 30.1 Å². The molecule has 32 heavy (non-hydrogen) atoms. The monoisotopic (exact) mass is 436 g/mol. The van der Waals surface area contributed by atoms with Gasteiger partial charge in [0.1, 0.15) is 0 Å². The number of thiophene rings is 1. The van der Waals surface area contributed by atoms with Crippen LogP contribution in [0.25, 0.3) is 32.4 Å². The van der Waals surface area contributed by atoms with Crippen molar-refractivity contribution >= 4 is 55.9 Å². The molecule has 0 aliphatic carbocycles. The zero-order chi connectivity index (χ0) is 21.3. The number of nitrogens with one attached hydrogen (secondary N) is 3. The quantitative estimate of drug-likeness (QED) is 0.327. The van der Waals surface area contributed by atoms with Crippen LogP contribution < -0.4 is 10.6 Å². The van der Waals surface area contributed by atoms with E-state index in [2.05, 4.69) is 35.8 Å². The summed E-state index contributed by atoms with van der Waals surface area (Å²) < 4.78 is 0.974. The van der Waals surface area contributed by atoms with Crippen molar-refractivity contribution in [2.45, 2.75) is 0 Å². The van der Waals surface area contributed by atoms with E-state index in [0.717, 1.165) is 43.9 Å². The average molecular weight is 437 g/mol. The number of hydrogen-bond acceptors (Lipinski definition) is 8. The van der Waals surface area contributed by atoms with Crippen LogP contribution in [0.4, 0.5) is 23.4 Å². The second-order valence-corrected chi connectivity index (χ2v) is 8.00. The maximum Gasteiger partial charge on any atom is 0.232 e. The molecular weight excluding hydrogens is 420 g/mol. The Morgan fingerprint density at radius 3 is 2.72 bits per heavy atom. The molecule has 0 unspecified atom stereocenters. The van der Waals surface area contributed by atoms with E-state index < -0.39 is 0 Å². The molecule has 4 aromatic heterocycles. The van der Waals surface area contributed by atoms with Crippen molar-refractivity contribution in [3.63, 3.8) is 0 Å². The maximum absolute atomic E-state index is 4.71. The van der Waals surface area contributed by atoms with Gasteiger partial charge < -0.3 is 5.32 Å². The molecule has 0 amide bonds. The van der Waals surface area contributed by atoms with Crippen LogP contribution in [-0.4, -0.2) is 30.1 Å². The zero-order valence-corrected chi connectivity index (χ0v) is 17.5. The van der Waals surface area contributed by atoms with Crippen LogP contribution in [0.15, 0.2) is 78.4 Å². The van der Waals surface area contributed by atoms with Gasteiger partial charge in [0.2, 0.25) is 11.9 Å². The SMILES string of the molecule is c1ccc(-c2ccnc(Nc3nc(Nc4ccc5[nH]ncc5c4)c4sccc4n3)n2)cc1. The lowest BCUT2D eigenvalue weighted by molar-refractivity contribution is 1.12. The fourth-order valence-electron chi connectivity index (χ4n) is 3.45. The summed E-state index contributed by atoms with van der Waals surface area (Å²) in [7, 11) is 0. The molecule has 4 heterocycles. The predicted molar refractivity (Wildman–Crippen MR) is 128 cm³/mol. The normalized spacial score (nSPS) is 11.1. The molecule has 0 bridgehead atoms. The topological polar surface area (TPSA) is 104 Å². The second kappa shape index (κ2) is 7.71. The molecule has 0 atom stereocenters. The predicted octanol–water partition coefficient (Wildman–Crippen LogP) is 5.51. The Kier molecular flexibility index (Phi) is 4.43. The van der Waals surface area contributed by atoms with Crippen molar-refractivity contribution in [3.8, 4) is 11.3 Å². The first-order chi connectivity index (χ1) is 15.8. The van der Waals surface area contributed by atoms with E-state index in [1.165, 1.54) is 0 Å². The first-order valence-electron chi connectivity index (χ1n) is 9.93. The number of H-pyrrole nitrogens is 1. The molecule has 0 spiro atoms. The van der Waals surface area contributed by atoms with Crippen LogP contribution in [0.3, 0.4) is 0 Å². The molecular formula is C23H16N8S. The Bertz CT molecular complexity index is 1540. The molecule has 0 saturated carbocycles. The van der Waals surface area contributed by atoms with Crippen molar-refractivity contribution < 1.29 is 0 Å². The summed E-state index contributed by atoms with van der Waals surface area (Å²) in [5.74, 6) is 1.58. The summed E-state index contributed by atoms with van der Waals surface area (Å²) >= 11 is 1.59. The van der Waals surface area contributed by atoms with Crippen molar-refractivity contribution in [3.05, 3.63) is 78.4 Å². The summed E-state index contributed by atoms with van der Waals surface area (Å²) in [4.78, 5) is 18.3. The molecule has 0 aliphatic rings. The van der Waals surface area contributed by atoms with Crippen LogP contribution in [0.5, 0.6) is 0 Å². The standard InChI is InChI=1S/C23H16N8S/c1-2-4-14(5-3-1)17-8-10-24-22(27-17)30-23-28-19-9-11-32-20(19)21(29-23)26-16-6-7-18-15(12-16)13-25-31-18/h1-13H,(H,25,31)(H2,24,26,27,28,29,30). The number of nitrogens with zero attached hydrogens (tertiary/aromatic N) is 5. The molecule has 8 nitrogen and oxygen atoms in total. The van der Waals surface area contributed by atoms with Gasteiger partial charge in [-0.1, -0.05) is 30.3 Å². The van der Waals surface area contributed by atoms with E-state index in [1.807, 2.05) is 66.0 Å². The summed E-state index contributed by atoms with van der Waals surface area (Å²) in [6.07, 6.45) is 3.52. The molecule has 6 aromatic rings. The third kappa shape index (κ3) is 3.50. The van der Waals surface area contributed by atoms with E-state index in [1.54, 1.807) is 23.7 Å². The highest BCUT2D eigenvalue weighted by Crippen LogP contribution is 2.31. The molecule has 0 aliphatic heterocycles. The molecule has 6 rings (SSSR count). The fourth-order valence-corrected chi connectivity index (χ4v) is 4.23. The minimum absolute atomic E-state index is 0.424. The third-order valence-corrected chi connectivity index (χ3v) is 5.87. The summed E-state index contributed by atoms with van der Waals surface area (Å²) in [6.45, 7) is 0. The number of benzene rings is 2. The first-order valence-corrected chi connectivity index (χ1v) is 10.8. The molecule has 0 saturated heterocycles. The smallest absolute Gasteiger partial charge is 0.232 e. The third-order valence-electron chi connectivity index (χ3n) is 4.96. The van der Waals surface area contributed by atoms with Gasteiger partial charge in [-0.15, -0.1) is 11.3 Å². The minimum Gasteiger partial charge on any atom is -0.339 e. The van der Waals surface area contributed by atoms with Gasteiger partial charge in [-0.3, -0.25) is 10.4 Å². The average Bonchev–Trinajstić information content (AvgIpc) is 3.49. The highest BCUT2D eigenvalue weighted by molar-refractivity contribution is 7.17. The van der Waals surface area contributed by atoms with Gasteiger partial charge >= 0.3 is 0 Å². The van der Waals surface area contributed by atoms with Crippen LogP contribution in [-0.2, 0) is 0 Å². The number of hydrogen-bond donors (Lipinski definition) is 3. The lowest BCUT2D eigenvalue weighted by Crippen LogP contribution is -2.04. The Morgan fingerprint density at radius 2 is 1.78 bits per heavy atom. The van der Waals surface area contributed by atoms with E-state index in [0.29, 0.717) is 11.9 Å². The molecule has 9 heteroatoms. The number of aromatic nitrogens is 6. The molecule has 0 fully saturated rings. The van der Waals surface area contributed by atoms with Gasteiger partial charge in [0, 0.05) is 22.8 Å². The highest BCUT2D eigenvalue weighted by atomic mass is 32.1. The first kappa shape index (κ1) is 18.4. The Morgan fingerprint density at radius 1 is 0.844 bits per heavy atom. The van der Waals surface area contributed by atoms with Crippen LogP contribution in [0.2, 0.25) is 0 Å². The van der Waals surface area contributed by atoms with Crippen molar-refractivity contribution in [2.24, 2.45) is 0 Å². The molecule has 3 N–H and O–H groups in total. The lowest BCUT2D eigenvalue weighted by atomic mass is 10.1. The Hall–Kier alpha value is -4.37. The zero-order valence-electron chi connectivity index (χ0n) is 16.6. The van der Waals surface area contributed by atoms with E-state index in [9.17, 15) is 0 Å². The fraction of sp³-hybridized carbons (Fsp3) is 0. The van der Waals surface area contributed by atoms with Gasteiger partial charge in [0.05, 0.1) is 27.6 Å². The lowest BCUT2D eigenvalue weighted by Gasteiger charge is -2.10. The number of aromatic amines is 1. The van der Waals surface area contributed by atoms with Gasteiger partial charge in [0.25, 0.3) is 0 Å². The van der Waals surface area contributed by atoms with Gasteiger partial charge in [-0.05, 0) is 35.7 Å². The van der Waals surface area contributed by atoms with Crippen LogP contribution in [0, 0.1) is 0 Å². The van der Waals surface area contributed by atoms with Crippen LogP contribution >= 0.6 is 11.3 Å². The number of rotatable bonds is 5. The molecule has 154 valence electrons. The maximum atomic E-state index is 4.71. The van der Waals surface area contributed by atoms with E-state index >= 15 is 0 Å². The molecule has 2 aromatic carbocycles. The Labute approximate surface area is 186 Å². The van der Waals surface area contributed by atoms with Crippen molar-refractivity contribution in [1.29, 1.82) is 0 Å². The number of anilines is 4. The van der Waals surface area contributed by atoms with Gasteiger partial charge in [0.15, 0.2) is 5.82 Å². The number of fused-ring (bicyclic) bond motifs is 2. The largest absolute Gasteiger partial charge is 0.339 e. The van der Waals surface area contributed by atoms with Crippen molar-refractivity contribution in [2.75, 3.05) is 10.6 Å². The second-order valence-electron chi connectivity index (χ2n) is 7.08. The molecule has 0 radical (unpaired) electrons. The summed E-state index contributed by atoms with van der Waals surface area (Å²) in [5, 5.41) is 16.6. The minimum atomic E-state index is 0.424. The summed E-state index contributed by atoms with van der Waals surface area (Å²) in [6, 6.07) is 19.8. The van der Waals surface area contributed by atoms with E-state index in [-0.39, 0.29) is 0 Å². The summed E-state index contributed by atoms with van der Waals surface area (Å²) in [5.41, 5.74) is 4.59. The van der Waals surface area contributed by atoms with Gasteiger partial charge in [-0.2, -0.15) is 10.1 Å². The van der Waals surface area contributed by atoms with Crippen LogP contribution in [0.1, 0.15) is 0 Å². The highest BCUT2D eigenvalue weighted by Gasteiger charge is 2.12.